The van der Waals surface area contributed by atoms with Gasteiger partial charge in [-0.25, -0.2) is 0 Å². The van der Waals surface area contributed by atoms with Crippen LogP contribution in [0.2, 0.25) is 0 Å². The third-order valence-electron chi connectivity index (χ3n) is 7.85. The van der Waals surface area contributed by atoms with Gasteiger partial charge in [-0.15, -0.1) is 0 Å². The number of carbonyl (C=O) groups is 1. The summed E-state index contributed by atoms with van der Waals surface area (Å²) in [6, 6.07) is 25.2. The normalized spacial score (nSPS) is 23.9. The van der Waals surface area contributed by atoms with Crippen molar-refractivity contribution in [2.45, 2.75) is 32.9 Å². The van der Waals surface area contributed by atoms with Gasteiger partial charge in [0.15, 0.2) is 0 Å². The van der Waals surface area contributed by atoms with E-state index in [0.717, 1.165) is 42.1 Å². The molecular formula is C29H29BrN4O. The third kappa shape index (κ3) is 3.71. The zero-order valence-corrected chi connectivity index (χ0v) is 21.7. The maximum Gasteiger partial charge on any atom is 0.261 e. The Kier molecular flexibility index (Phi) is 5.53. The van der Waals surface area contributed by atoms with E-state index in [1.807, 2.05) is 31.2 Å². The summed E-state index contributed by atoms with van der Waals surface area (Å²) in [6.07, 6.45) is 0.665. The minimum absolute atomic E-state index is 0.0281. The van der Waals surface area contributed by atoms with Crippen LogP contribution in [0.25, 0.3) is 0 Å². The first-order valence-corrected chi connectivity index (χ1v) is 13.0. The predicted molar refractivity (Wildman–Crippen MR) is 145 cm³/mol. The summed E-state index contributed by atoms with van der Waals surface area (Å²) in [6.45, 7) is 7.67. The fourth-order valence-electron chi connectivity index (χ4n) is 6.01. The molecule has 1 saturated heterocycles. The molecule has 0 aliphatic carbocycles. The number of nitrogens with zero attached hydrogens (tertiary/aromatic N) is 4. The highest BCUT2D eigenvalue weighted by Gasteiger charge is 2.59. The first kappa shape index (κ1) is 22.5. The van der Waals surface area contributed by atoms with E-state index in [1.165, 1.54) is 22.4 Å². The zero-order valence-electron chi connectivity index (χ0n) is 20.1. The van der Waals surface area contributed by atoms with Crippen molar-refractivity contribution in [1.29, 1.82) is 0 Å². The summed E-state index contributed by atoms with van der Waals surface area (Å²) < 4.78 is 1.04. The van der Waals surface area contributed by atoms with Crippen LogP contribution in [-0.4, -0.2) is 42.2 Å². The molecule has 35 heavy (non-hydrogen) atoms. The average molecular weight is 529 g/mol. The Morgan fingerprint density at radius 3 is 2.54 bits per heavy atom. The second-order valence-corrected chi connectivity index (χ2v) is 10.9. The number of halogens is 1. The first-order chi connectivity index (χ1) is 17.0. The molecule has 3 aromatic rings. The van der Waals surface area contributed by atoms with Crippen LogP contribution in [0.4, 0.5) is 11.4 Å². The molecule has 0 N–H and O–H groups in total. The Bertz CT molecular complexity index is 1310. The van der Waals surface area contributed by atoms with E-state index in [2.05, 4.69) is 81.2 Å². The van der Waals surface area contributed by atoms with E-state index in [-0.39, 0.29) is 11.9 Å². The quantitative estimate of drug-likeness (QED) is 0.456. The fourth-order valence-corrected chi connectivity index (χ4v) is 6.41. The Balaban J connectivity index is 1.41. The van der Waals surface area contributed by atoms with Gasteiger partial charge in [0.05, 0.1) is 17.4 Å². The lowest BCUT2D eigenvalue weighted by Gasteiger charge is -2.53. The number of hydrazone groups is 1. The smallest absolute Gasteiger partial charge is 0.261 e. The molecule has 0 saturated carbocycles. The van der Waals surface area contributed by atoms with Crippen molar-refractivity contribution in [3.63, 3.8) is 0 Å². The van der Waals surface area contributed by atoms with Crippen molar-refractivity contribution in [3.05, 3.63) is 94.0 Å². The molecule has 3 heterocycles. The monoisotopic (exact) mass is 528 g/mol. The predicted octanol–water partition coefficient (Wildman–Crippen LogP) is 5.41. The third-order valence-corrected chi connectivity index (χ3v) is 8.34. The molecule has 6 rings (SSSR count). The lowest BCUT2D eigenvalue weighted by atomic mass is 9.67. The van der Waals surface area contributed by atoms with Gasteiger partial charge in [0, 0.05) is 36.3 Å². The summed E-state index contributed by atoms with van der Waals surface area (Å²) in [5.74, 6) is 0.0843. The summed E-state index contributed by atoms with van der Waals surface area (Å²) >= 11 is 3.66. The van der Waals surface area contributed by atoms with Crippen LogP contribution >= 0.6 is 15.9 Å². The number of carbonyl (C=O) groups excluding carboxylic acids is 1. The van der Waals surface area contributed by atoms with E-state index in [4.69, 9.17) is 5.10 Å². The lowest BCUT2D eigenvalue weighted by molar-refractivity contribution is -0.125. The summed E-state index contributed by atoms with van der Waals surface area (Å²) in [5, 5.41) is 6.53. The maximum atomic E-state index is 14.3. The van der Waals surface area contributed by atoms with E-state index in [9.17, 15) is 4.79 Å². The van der Waals surface area contributed by atoms with E-state index in [1.54, 1.807) is 5.01 Å². The molecule has 0 bridgehead atoms. The van der Waals surface area contributed by atoms with Crippen molar-refractivity contribution in [3.8, 4) is 0 Å². The van der Waals surface area contributed by atoms with E-state index >= 15 is 0 Å². The minimum atomic E-state index is -0.686. The SMILES string of the molecule is CC1=NN(c2ccc(C)cc2)C(=O)[C@]12Cc1cc(Br)ccc1N1CCN(Cc3ccccc3)C[C@@H]12. The highest BCUT2D eigenvalue weighted by molar-refractivity contribution is 9.10. The molecule has 1 amide bonds. The van der Waals surface area contributed by atoms with Gasteiger partial charge in [0.1, 0.15) is 5.41 Å². The van der Waals surface area contributed by atoms with Crippen LogP contribution < -0.4 is 9.91 Å². The van der Waals surface area contributed by atoms with Gasteiger partial charge < -0.3 is 4.90 Å². The zero-order chi connectivity index (χ0) is 24.2. The van der Waals surface area contributed by atoms with Crippen LogP contribution in [0.1, 0.15) is 23.6 Å². The highest BCUT2D eigenvalue weighted by Crippen LogP contribution is 2.48. The van der Waals surface area contributed by atoms with Gasteiger partial charge in [-0.05, 0) is 61.7 Å². The van der Waals surface area contributed by atoms with Gasteiger partial charge >= 0.3 is 0 Å². The second kappa shape index (κ2) is 8.61. The Labute approximate surface area is 215 Å². The van der Waals surface area contributed by atoms with Crippen molar-refractivity contribution < 1.29 is 4.79 Å². The molecule has 0 aromatic heterocycles. The van der Waals surface area contributed by atoms with Gasteiger partial charge in [-0.1, -0.05) is 64.0 Å². The van der Waals surface area contributed by atoms with Crippen LogP contribution in [0.5, 0.6) is 0 Å². The minimum Gasteiger partial charge on any atom is -0.364 e. The number of piperazine rings is 1. The molecule has 2 atom stereocenters. The van der Waals surface area contributed by atoms with Crippen molar-refractivity contribution >= 4 is 38.9 Å². The van der Waals surface area contributed by atoms with Gasteiger partial charge in [0.25, 0.3) is 5.91 Å². The van der Waals surface area contributed by atoms with Crippen molar-refractivity contribution in [2.24, 2.45) is 10.5 Å². The van der Waals surface area contributed by atoms with Crippen LogP contribution in [-0.2, 0) is 17.8 Å². The topological polar surface area (TPSA) is 39.2 Å². The molecule has 178 valence electrons. The van der Waals surface area contributed by atoms with Gasteiger partial charge in [-0.2, -0.15) is 10.1 Å². The number of fused-ring (bicyclic) bond motifs is 4. The van der Waals surface area contributed by atoms with Crippen molar-refractivity contribution in [2.75, 3.05) is 29.5 Å². The molecule has 5 nitrogen and oxygen atoms in total. The van der Waals surface area contributed by atoms with Crippen LogP contribution in [0, 0.1) is 12.3 Å². The summed E-state index contributed by atoms with van der Waals surface area (Å²) in [4.78, 5) is 19.3. The Hall–Kier alpha value is -2.96. The molecule has 3 aliphatic heterocycles. The Morgan fingerprint density at radius 1 is 1.00 bits per heavy atom. The molecular weight excluding hydrogens is 500 g/mol. The molecule has 3 aromatic carbocycles. The molecule has 3 aliphatic rings. The first-order valence-electron chi connectivity index (χ1n) is 12.2. The molecule has 1 spiro atoms. The van der Waals surface area contributed by atoms with E-state index in [0.29, 0.717) is 6.42 Å². The number of aryl methyl sites for hydroxylation is 1. The highest BCUT2D eigenvalue weighted by atomic mass is 79.9. The second-order valence-electron chi connectivity index (χ2n) is 9.99. The number of rotatable bonds is 3. The summed E-state index contributed by atoms with van der Waals surface area (Å²) in [7, 11) is 0. The summed E-state index contributed by atoms with van der Waals surface area (Å²) in [5.41, 5.74) is 5.99. The molecule has 1 fully saturated rings. The van der Waals surface area contributed by atoms with Crippen LogP contribution in [0.3, 0.4) is 0 Å². The average Bonchev–Trinajstić information content (AvgIpc) is 3.10. The number of benzene rings is 3. The number of hydrogen-bond acceptors (Lipinski definition) is 4. The maximum absolute atomic E-state index is 14.3. The number of amides is 1. The van der Waals surface area contributed by atoms with Gasteiger partial charge in [-0.3, -0.25) is 9.69 Å². The fraction of sp³-hybridized carbons (Fsp3) is 0.310. The Morgan fingerprint density at radius 2 is 1.77 bits per heavy atom. The molecule has 0 unspecified atom stereocenters. The van der Waals surface area contributed by atoms with Crippen molar-refractivity contribution in [1.82, 2.24) is 4.90 Å². The molecule has 0 radical (unpaired) electrons. The molecule has 6 heteroatoms. The lowest BCUT2D eigenvalue weighted by Crippen LogP contribution is -2.66. The number of anilines is 2. The standard InChI is InChI=1S/C29H29BrN4O/c1-20-8-11-25(12-9-20)34-28(35)29(21(2)31-34)17-23-16-24(30)10-13-26(23)33-15-14-32(19-27(29)33)18-22-6-4-3-5-7-22/h3-13,16,27H,14-15,17-19H2,1-2H3/t27-,29-/m1/s1. The number of hydrogen-bond donors (Lipinski definition) is 0. The van der Waals surface area contributed by atoms with Gasteiger partial charge in [0.2, 0.25) is 0 Å². The largest absolute Gasteiger partial charge is 0.364 e. The van der Waals surface area contributed by atoms with E-state index < -0.39 is 5.41 Å². The van der Waals surface area contributed by atoms with Crippen LogP contribution in [0.15, 0.2) is 82.4 Å².